The average Bonchev–Trinajstić information content (AvgIpc) is 2.85. The number of oxime groups is 1. The number of fused-ring (bicyclic) bond motifs is 1. The molecule has 0 saturated heterocycles. The van der Waals surface area contributed by atoms with Gasteiger partial charge >= 0.3 is 0 Å². The van der Waals surface area contributed by atoms with Gasteiger partial charge in [0, 0.05) is 23.6 Å². The molecule has 1 aromatic carbocycles. The van der Waals surface area contributed by atoms with E-state index in [1.54, 1.807) is 0 Å². The molecule has 104 valence electrons. The Kier molecular flexibility index (Phi) is 4.50. The Morgan fingerprint density at radius 2 is 2.37 bits per heavy atom. The SMILES string of the molecule is CCN(C/C(N)=N/O)Cc1cc(Cl)cc2c1OCC2. The molecule has 0 aromatic heterocycles. The molecule has 0 spiro atoms. The van der Waals surface area contributed by atoms with Crippen LogP contribution in [0.3, 0.4) is 0 Å². The van der Waals surface area contributed by atoms with E-state index in [0.29, 0.717) is 19.7 Å². The second-order valence-corrected chi connectivity index (χ2v) is 4.98. The molecule has 0 unspecified atom stereocenters. The molecule has 19 heavy (non-hydrogen) atoms. The van der Waals surface area contributed by atoms with E-state index in [1.807, 2.05) is 19.1 Å². The number of benzene rings is 1. The van der Waals surface area contributed by atoms with Gasteiger partial charge in [-0.1, -0.05) is 23.7 Å². The maximum atomic E-state index is 8.63. The standard InChI is InChI=1S/C13H18ClN3O2/c1-2-17(8-12(15)16-18)7-10-6-11(14)5-9-3-4-19-13(9)10/h5-6,18H,2-4,7-8H2,1H3,(H2,15,16). The smallest absolute Gasteiger partial charge is 0.153 e. The van der Waals surface area contributed by atoms with Crippen LogP contribution in [0.15, 0.2) is 17.3 Å². The fourth-order valence-electron chi connectivity index (χ4n) is 2.24. The van der Waals surface area contributed by atoms with Crippen LogP contribution in [0, 0.1) is 0 Å². The summed E-state index contributed by atoms with van der Waals surface area (Å²) in [7, 11) is 0. The minimum Gasteiger partial charge on any atom is -0.493 e. The average molecular weight is 284 g/mol. The summed E-state index contributed by atoms with van der Waals surface area (Å²) in [5.74, 6) is 1.13. The molecule has 1 heterocycles. The Bertz CT molecular complexity index is 491. The van der Waals surface area contributed by atoms with Crippen LogP contribution in [0.1, 0.15) is 18.1 Å². The summed E-state index contributed by atoms with van der Waals surface area (Å²) in [6.07, 6.45) is 0.898. The lowest BCUT2D eigenvalue weighted by molar-refractivity contribution is 0.289. The van der Waals surface area contributed by atoms with Gasteiger partial charge in [-0.05, 0) is 24.2 Å². The fourth-order valence-corrected chi connectivity index (χ4v) is 2.51. The molecule has 5 nitrogen and oxygen atoms in total. The first-order valence-corrected chi connectivity index (χ1v) is 6.64. The summed E-state index contributed by atoms with van der Waals surface area (Å²) < 4.78 is 5.67. The van der Waals surface area contributed by atoms with Gasteiger partial charge in [0.1, 0.15) is 5.75 Å². The van der Waals surface area contributed by atoms with Crippen molar-refractivity contribution in [2.45, 2.75) is 19.9 Å². The second kappa shape index (κ2) is 6.12. The Morgan fingerprint density at radius 3 is 3.05 bits per heavy atom. The third-order valence-corrected chi connectivity index (χ3v) is 3.40. The first-order valence-electron chi connectivity index (χ1n) is 6.27. The summed E-state index contributed by atoms with van der Waals surface area (Å²) in [6, 6.07) is 3.87. The number of hydrogen-bond donors (Lipinski definition) is 2. The highest BCUT2D eigenvalue weighted by Crippen LogP contribution is 2.33. The van der Waals surface area contributed by atoms with Crippen LogP contribution in [-0.4, -0.2) is 35.6 Å². The first-order chi connectivity index (χ1) is 9.13. The lowest BCUT2D eigenvalue weighted by Crippen LogP contribution is -2.33. The molecular formula is C13H18ClN3O2. The van der Waals surface area contributed by atoms with Crippen molar-refractivity contribution < 1.29 is 9.94 Å². The third kappa shape index (κ3) is 3.30. The zero-order chi connectivity index (χ0) is 13.8. The van der Waals surface area contributed by atoms with Gasteiger partial charge in [0.25, 0.3) is 0 Å². The zero-order valence-corrected chi connectivity index (χ0v) is 11.7. The summed E-state index contributed by atoms with van der Waals surface area (Å²) >= 11 is 6.13. The van der Waals surface area contributed by atoms with E-state index in [9.17, 15) is 0 Å². The highest BCUT2D eigenvalue weighted by molar-refractivity contribution is 6.30. The lowest BCUT2D eigenvalue weighted by atomic mass is 10.1. The van der Waals surface area contributed by atoms with Crippen molar-refractivity contribution in [3.63, 3.8) is 0 Å². The number of nitrogens with two attached hydrogens (primary N) is 1. The number of rotatable bonds is 5. The van der Waals surface area contributed by atoms with Crippen LogP contribution in [0.5, 0.6) is 5.75 Å². The summed E-state index contributed by atoms with van der Waals surface area (Å²) in [6.45, 7) is 4.59. The molecule has 6 heteroatoms. The molecule has 0 atom stereocenters. The number of halogens is 1. The van der Waals surface area contributed by atoms with Crippen molar-refractivity contribution in [2.24, 2.45) is 10.9 Å². The molecule has 0 aliphatic carbocycles. The maximum Gasteiger partial charge on any atom is 0.153 e. The molecule has 1 aromatic rings. The molecule has 1 aliphatic heterocycles. The largest absolute Gasteiger partial charge is 0.493 e. The lowest BCUT2D eigenvalue weighted by Gasteiger charge is -2.21. The maximum absolute atomic E-state index is 8.63. The molecular weight excluding hydrogens is 266 g/mol. The Morgan fingerprint density at radius 1 is 1.58 bits per heavy atom. The number of amidine groups is 1. The number of likely N-dealkylation sites (N-methyl/N-ethyl adjacent to an activating group) is 1. The van der Waals surface area contributed by atoms with Gasteiger partial charge in [-0.2, -0.15) is 0 Å². The molecule has 0 fully saturated rings. The predicted octanol–water partition coefficient (Wildman–Crippen LogP) is 1.84. The summed E-state index contributed by atoms with van der Waals surface area (Å²) in [5.41, 5.74) is 7.75. The van der Waals surface area contributed by atoms with E-state index >= 15 is 0 Å². The number of ether oxygens (including phenoxy) is 1. The summed E-state index contributed by atoms with van der Waals surface area (Å²) in [5, 5.41) is 12.4. The number of hydrogen-bond acceptors (Lipinski definition) is 4. The monoisotopic (exact) mass is 283 g/mol. The van der Waals surface area contributed by atoms with Gasteiger partial charge in [0.05, 0.1) is 13.2 Å². The third-order valence-electron chi connectivity index (χ3n) is 3.18. The van der Waals surface area contributed by atoms with Gasteiger partial charge in [0.15, 0.2) is 5.84 Å². The van der Waals surface area contributed by atoms with Crippen LogP contribution < -0.4 is 10.5 Å². The molecule has 0 bridgehead atoms. The van der Waals surface area contributed by atoms with Crippen molar-refractivity contribution in [1.82, 2.24) is 4.90 Å². The molecule has 0 saturated carbocycles. The van der Waals surface area contributed by atoms with E-state index in [4.69, 9.17) is 27.3 Å². The first kappa shape index (κ1) is 14.0. The normalized spacial score (nSPS) is 14.6. The quantitative estimate of drug-likeness (QED) is 0.374. The van der Waals surface area contributed by atoms with Crippen LogP contribution in [0.4, 0.5) is 0 Å². The van der Waals surface area contributed by atoms with Gasteiger partial charge in [-0.25, -0.2) is 0 Å². The van der Waals surface area contributed by atoms with Crippen molar-refractivity contribution >= 4 is 17.4 Å². The predicted molar refractivity (Wildman–Crippen MR) is 75.0 cm³/mol. The topological polar surface area (TPSA) is 71.1 Å². The minimum atomic E-state index is 0.196. The zero-order valence-electron chi connectivity index (χ0n) is 10.9. The van der Waals surface area contributed by atoms with E-state index < -0.39 is 0 Å². The van der Waals surface area contributed by atoms with Crippen molar-refractivity contribution in [3.8, 4) is 5.75 Å². The molecule has 0 amide bonds. The van der Waals surface area contributed by atoms with Crippen molar-refractivity contribution in [3.05, 3.63) is 28.3 Å². The summed E-state index contributed by atoms with van der Waals surface area (Å²) in [4.78, 5) is 2.06. The molecule has 1 aliphatic rings. The highest BCUT2D eigenvalue weighted by Gasteiger charge is 2.19. The molecule has 0 radical (unpaired) electrons. The van der Waals surface area contributed by atoms with Crippen molar-refractivity contribution in [1.29, 1.82) is 0 Å². The fraction of sp³-hybridized carbons (Fsp3) is 0.462. The van der Waals surface area contributed by atoms with Gasteiger partial charge < -0.3 is 15.7 Å². The minimum absolute atomic E-state index is 0.196. The van der Waals surface area contributed by atoms with Crippen molar-refractivity contribution in [2.75, 3.05) is 19.7 Å². The van der Waals surface area contributed by atoms with E-state index in [2.05, 4.69) is 10.1 Å². The van der Waals surface area contributed by atoms with Gasteiger partial charge in [0.2, 0.25) is 0 Å². The van der Waals surface area contributed by atoms with Crippen LogP contribution in [0.2, 0.25) is 5.02 Å². The molecule has 3 N–H and O–H groups in total. The Labute approximate surface area is 117 Å². The van der Waals surface area contributed by atoms with E-state index in [1.165, 1.54) is 0 Å². The Hall–Kier alpha value is -1.46. The van der Waals surface area contributed by atoms with Crippen LogP contribution >= 0.6 is 11.6 Å². The van der Waals surface area contributed by atoms with E-state index in [0.717, 1.165) is 34.9 Å². The van der Waals surface area contributed by atoms with E-state index in [-0.39, 0.29) is 5.84 Å². The van der Waals surface area contributed by atoms with Gasteiger partial charge in [-0.3, -0.25) is 4.90 Å². The second-order valence-electron chi connectivity index (χ2n) is 4.55. The molecule has 2 rings (SSSR count). The highest BCUT2D eigenvalue weighted by atomic mass is 35.5. The Balaban J connectivity index is 2.18. The van der Waals surface area contributed by atoms with Gasteiger partial charge in [-0.15, -0.1) is 0 Å². The van der Waals surface area contributed by atoms with Crippen LogP contribution in [0.25, 0.3) is 0 Å². The number of nitrogens with zero attached hydrogens (tertiary/aromatic N) is 2. The van der Waals surface area contributed by atoms with Crippen LogP contribution in [-0.2, 0) is 13.0 Å².